The average Bonchev–Trinajstić information content (AvgIpc) is 2.56. The number of halogens is 2. The largest absolute Gasteiger partial charge is 0.351 e. The minimum Gasteiger partial charge on any atom is -0.351 e. The van der Waals surface area contributed by atoms with Crippen LogP contribution in [0.2, 0.25) is 0 Å². The van der Waals surface area contributed by atoms with Gasteiger partial charge in [-0.3, -0.25) is 0 Å². The zero-order chi connectivity index (χ0) is 10.9. The van der Waals surface area contributed by atoms with Crippen molar-refractivity contribution in [2.75, 3.05) is 0 Å². The molecule has 0 amide bonds. The maximum atomic E-state index is 12.9. The van der Waals surface area contributed by atoms with E-state index in [4.69, 9.17) is 0 Å². The van der Waals surface area contributed by atoms with E-state index in [2.05, 4.69) is 17.6 Å². The van der Waals surface area contributed by atoms with E-state index >= 15 is 0 Å². The SMILES string of the molecule is Cc1cccn1CC1CCC(F)(F)CC1. The summed E-state index contributed by atoms with van der Waals surface area (Å²) in [6, 6.07) is 4.06. The smallest absolute Gasteiger partial charge is 0.248 e. The van der Waals surface area contributed by atoms with Gasteiger partial charge in [0.15, 0.2) is 0 Å². The number of alkyl halides is 2. The second-order valence-corrected chi connectivity index (χ2v) is 4.60. The maximum Gasteiger partial charge on any atom is 0.248 e. The van der Waals surface area contributed by atoms with Crippen molar-refractivity contribution in [3.8, 4) is 0 Å². The lowest BCUT2D eigenvalue weighted by molar-refractivity contribution is -0.0473. The summed E-state index contributed by atoms with van der Waals surface area (Å²) in [7, 11) is 0. The quantitative estimate of drug-likeness (QED) is 0.707. The highest BCUT2D eigenvalue weighted by atomic mass is 19.3. The van der Waals surface area contributed by atoms with E-state index in [1.165, 1.54) is 5.69 Å². The fourth-order valence-corrected chi connectivity index (χ4v) is 2.27. The molecule has 0 N–H and O–H groups in total. The third-order valence-corrected chi connectivity index (χ3v) is 3.35. The minimum absolute atomic E-state index is 0.0674. The van der Waals surface area contributed by atoms with Gasteiger partial charge in [0.2, 0.25) is 5.92 Å². The summed E-state index contributed by atoms with van der Waals surface area (Å²) in [5.41, 5.74) is 1.22. The topological polar surface area (TPSA) is 4.93 Å². The van der Waals surface area contributed by atoms with Crippen molar-refractivity contribution in [3.63, 3.8) is 0 Å². The van der Waals surface area contributed by atoms with Crippen LogP contribution in [0.15, 0.2) is 18.3 Å². The highest BCUT2D eigenvalue weighted by Crippen LogP contribution is 2.36. The molecule has 1 saturated carbocycles. The highest BCUT2D eigenvalue weighted by molar-refractivity contribution is 5.04. The van der Waals surface area contributed by atoms with Crippen LogP contribution in [-0.4, -0.2) is 10.5 Å². The fourth-order valence-electron chi connectivity index (χ4n) is 2.27. The lowest BCUT2D eigenvalue weighted by Gasteiger charge is -2.28. The molecule has 3 heteroatoms. The Morgan fingerprint density at radius 3 is 2.60 bits per heavy atom. The second kappa shape index (κ2) is 3.95. The van der Waals surface area contributed by atoms with Crippen LogP contribution < -0.4 is 0 Å². The summed E-state index contributed by atoms with van der Waals surface area (Å²) >= 11 is 0. The highest BCUT2D eigenvalue weighted by Gasteiger charge is 2.34. The number of hydrogen-bond donors (Lipinski definition) is 0. The van der Waals surface area contributed by atoms with Gasteiger partial charge in [-0.15, -0.1) is 0 Å². The van der Waals surface area contributed by atoms with Crippen LogP contribution in [-0.2, 0) is 6.54 Å². The first-order valence-corrected chi connectivity index (χ1v) is 5.56. The molecular weight excluding hydrogens is 196 g/mol. The molecule has 15 heavy (non-hydrogen) atoms. The van der Waals surface area contributed by atoms with Crippen molar-refractivity contribution in [2.24, 2.45) is 5.92 Å². The molecule has 1 aliphatic carbocycles. The molecule has 2 rings (SSSR count). The Bertz CT molecular complexity index is 320. The van der Waals surface area contributed by atoms with Gasteiger partial charge in [0.25, 0.3) is 0 Å². The van der Waals surface area contributed by atoms with E-state index in [0.717, 1.165) is 6.54 Å². The Labute approximate surface area is 89.1 Å². The molecule has 1 fully saturated rings. The minimum atomic E-state index is -2.40. The molecular formula is C12H17F2N. The molecule has 0 saturated heterocycles. The third kappa shape index (κ3) is 2.58. The predicted octanol–water partition coefficient (Wildman–Crippen LogP) is 3.62. The third-order valence-electron chi connectivity index (χ3n) is 3.35. The molecule has 0 spiro atoms. The number of aryl methyl sites for hydroxylation is 1. The van der Waals surface area contributed by atoms with E-state index in [1.807, 2.05) is 12.3 Å². The molecule has 1 heterocycles. The Morgan fingerprint density at radius 1 is 1.40 bits per heavy atom. The van der Waals surface area contributed by atoms with Crippen molar-refractivity contribution < 1.29 is 8.78 Å². The molecule has 1 aromatic heterocycles. The number of rotatable bonds is 2. The van der Waals surface area contributed by atoms with Crippen LogP contribution in [0.4, 0.5) is 8.78 Å². The summed E-state index contributed by atoms with van der Waals surface area (Å²) in [6.45, 7) is 2.95. The van der Waals surface area contributed by atoms with Crippen molar-refractivity contribution in [1.29, 1.82) is 0 Å². The number of nitrogens with zero attached hydrogens (tertiary/aromatic N) is 1. The molecule has 1 nitrogen and oxygen atoms in total. The van der Waals surface area contributed by atoms with Crippen molar-refractivity contribution in [2.45, 2.75) is 45.1 Å². The summed E-state index contributed by atoms with van der Waals surface area (Å²) in [5, 5.41) is 0. The molecule has 0 radical (unpaired) electrons. The van der Waals surface area contributed by atoms with Crippen molar-refractivity contribution in [3.05, 3.63) is 24.0 Å². The van der Waals surface area contributed by atoms with Gasteiger partial charge in [-0.1, -0.05) is 0 Å². The first-order valence-electron chi connectivity index (χ1n) is 5.56. The van der Waals surface area contributed by atoms with Gasteiger partial charge in [-0.2, -0.15) is 0 Å². The predicted molar refractivity (Wildman–Crippen MR) is 56.1 cm³/mol. The Balaban J connectivity index is 1.90. The average molecular weight is 213 g/mol. The molecule has 84 valence electrons. The summed E-state index contributed by atoms with van der Waals surface area (Å²) < 4.78 is 28.0. The van der Waals surface area contributed by atoms with Crippen molar-refractivity contribution >= 4 is 0 Å². The van der Waals surface area contributed by atoms with Gasteiger partial charge in [0.05, 0.1) is 0 Å². The van der Waals surface area contributed by atoms with Crippen LogP contribution in [0, 0.1) is 12.8 Å². The van der Waals surface area contributed by atoms with Gasteiger partial charge >= 0.3 is 0 Å². The second-order valence-electron chi connectivity index (χ2n) is 4.60. The van der Waals surface area contributed by atoms with E-state index in [9.17, 15) is 8.78 Å². The van der Waals surface area contributed by atoms with Crippen LogP contribution >= 0.6 is 0 Å². The molecule has 0 unspecified atom stereocenters. The van der Waals surface area contributed by atoms with Crippen molar-refractivity contribution in [1.82, 2.24) is 4.57 Å². The van der Waals surface area contributed by atoms with Crippen LogP contribution in [0.3, 0.4) is 0 Å². The van der Waals surface area contributed by atoms with Gasteiger partial charge < -0.3 is 4.57 Å². The molecule has 0 aromatic carbocycles. The van der Waals surface area contributed by atoms with Gasteiger partial charge in [-0.25, -0.2) is 8.78 Å². The lowest BCUT2D eigenvalue weighted by Crippen LogP contribution is -2.26. The first kappa shape index (κ1) is 10.7. The molecule has 1 aliphatic rings. The van der Waals surface area contributed by atoms with Crippen LogP contribution in [0.1, 0.15) is 31.4 Å². The molecule has 1 aromatic rings. The molecule has 0 bridgehead atoms. The maximum absolute atomic E-state index is 12.9. The summed E-state index contributed by atoms with van der Waals surface area (Å²) in [4.78, 5) is 0. The Hall–Kier alpha value is -0.860. The molecule has 0 atom stereocenters. The molecule has 0 aliphatic heterocycles. The Kier molecular flexibility index (Phi) is 2.81. The standard InChI is InChI=1S/C12H17F2N/c1-10-3-2-8-15(10)9-11-4-6-12(13,14)7-5-11/h2-3,8,11H,4-7,9H2,1H3. The first-order chi connectivity index (χ1) is 7.07. The monoisotopic (exact) mass is 213 g/mol. The van der Waals surface area contributed by atoms with Gasteiger partial charge in [-0.05, 0) is 37.8 Å². The van der Waals surface area contributed by atoms with E-state index in [-0.39, 0.29) is 12.8 Å². The van der Waals surface area contributed by atoms with Crippen LogP contribution in [0.25, 0.3) is 0 Å². The van der Waals surface area contributed by atoms with Gasteiger partial charge in [0, 0.05) is 31.3 Å². The van der Waals surface area contributed by atoms with E-state index < -0.39 is 5.92 Å². The normalized spacial score (nSPS) is 21.8. The van der Waals surface area contributed by atoms with E-state index in [1.54, 1.807) is 0 Å². The van der Waals surface area contributed by atoms with Crippen LogP contribution in [0.5, 0.6) is 0 Å². The zero-order valence-corrected chi connectivity index (χ0v) is 9.05. The lowest BCUT2D eigenvalue weighted by atomic mass is 9.87. The number of aromatic nitrogens is 1. The fraction of sp³-hybridized carbons (Fsp3) is 0.667. The summed E-state index contributed by atoms with van der Waals surface area (Å²) in [6.07, 6.45) is 3.48. The number of hydrogen-bond acceptors (Lipinski definition) is 0. The van der Waals surface area contributed by atoms with Gasteiger partial charge in [0.1, 0.15) is 0 Å². The zero-order valence-electron chi connectivity index (χ0n) is 9.05. The summed E-state index contributed by atoms with van der Waals surface area (Å²) in [5.74, 6) is -1.97. The Morgan fingerprint density at radius 2 is 2.07 bits per heavy atom. The van der Waals surface area contributed by atoms with E-state index in [0.29, 0.717) is 18.8 Å².